The molecular weight excluding hydrogens is 525 g/mol. The van der Waals surface area contributed by atoms with Crippen LogP contribution in [0.5, 0.6) is 0 Å². The van der Waals surface area contributed by atoms with Gasteiger partial charge in [0.05, 0.1) is 28.2 Å². The molecule has 38 heavy (non-hydrogen) atoms. The molecule has 11 heteroatoms. The third-order valence-corrected chi connectivity index (χ3v) is 9.60. The highest BCUT2D eigenvalue weighted by Crippen LogP contribution is 2.39. The smallest absolute Gasteiger partial charge is 0.211 e. The fourth-order valence-electron chi connectivity index (χ4n) is 4.91. The Morgan fingerprint density at radius 3 is 2.45 bits per heavy atom. The molecule has 1 saturated heterocycles. The number of rotatable bonds is 7. The maximum atomic E-state index is 13.5. The molecule has 0 atom stereocenters. The largest absolute Gasteiger partial charge is 0.318 e. The van der Waals surface area contributed by atoms with Gasteiger partial charge in [-0.2, -0.15) is 0 Å². The maximum Gasteiger partial charge on any atom is 0.211 e. The third kappa shape index (κ3) is 5.10. The fraction of sp³-hybridized carbons (Fsp3) is 0.370. The van der Waals surface area contributed by atoms with E-state index in [2.05, 4.69) is 19.2 Å². The summed E-state index contributed by atoms with van der Waals surface area (Å²) in [4.78, 5) is 24.6. The van der Waals surface area contributed by atoms with Crippen LogP contribution in [0, 0.1) is 5.82 Å². The van der Waals surface area contributed by atoms with Crippen LogP contribution in [-0.4, -0.2) is 59.3 Å². The summed E-state index contributed by atoms with van der Waals surface area (Å²) in [6, 6.07) is 8.09. The van der Waals surface area contributed by atoms with Crippen molar-refractivity contribution in [3.8, 4) is 11.3 Å². The molecule has 3 aromatic heterocycles. The molecule has 0 bridgehead atoms. The van der Waals surface area contributed by atoms with Gasteiger partial charge in [-0.05, 0) is 61.1 Å². The van der Waals surface area contributed by atoms with Crippen molar-refractivity contribution >= 4 is 43.6 Å². The number of ketones is 1. The van der Waals surface area contributed by atoms with Crippen LogP contribution in [-0.2, 0) is 16.4 Å². The van der Waals surface area contributed by atoms with Gasteiger partial charge >= 0.3 is 0 Å². The number of carbonyl (C=O) groups excluding carboxylic acids is 1. The molecule has 0 aliphatic carbocycles. The number of Topliss-reactive ketones (excluding diaryl/α,β-unsaturated/α-hetero) is 1. The van der Waals surface area contributed by atoms with Gasteiger partial charge in [-0.1, -0.05) is 18.3 Å². The first kappa shape index (κ1) is 26.5. The second-order valence-corrected chi connectivity index (χ2v) is 12.7. The SMILES string of the molecule is CCc1cn2cc(C3CCN(S(C)(=O)=O)CC3)cc(N(C)c3nc(-c4ccc(F)cc4)c(C(C)=O)s3)c2n1. The fourth-order valence-corrected chi connectivity index (χ4v) is 6.74. The Bertz CT molecular complexity index is 1600. The molecule has 0 spiro atoms. The standard InChI is InChI=1S/C27H30FN5O3S2/c1-5-22-16-32-15-20(18-10-12-33(13-11-18)38(4,35)36)14-23(26(32)29-22)31(3)27-30-24(25(37-27)17(2)34)19-6-8-21(28)9-7-19/h6-9,14-16,18H,5,10-13H2,1-4H3. The molecule has 0 amide bonds. The van der Waals surface area contributed by atoms with Crippen LogP contribution in [0.25, 0.3) is 16.9 Å². The Kier molecular flexibility index (Phi) is 7.10. The lowest BCUT2D eigenvalue weighted by Crippen LogP contribution is -2.37. The highest BCUT2D eigenvalue weighted by molar-refractivity contribution is 7.88. The van der Waals surface area contributed by atoms with Gasteiger partial charge in [0.25, 0.3) is 0 Å². The second kappa shape index (κ2) is 10.2. The van der Waals surface area contributed by atoms with Crippen LogP contribution < -0.4 is 4.90 Å². The quantitative estimate of drug-likeness (QED) is 0.289. The first-order valence-electron chi connectivity index (χ1n) is 12.5. The van der Waals surface area contributed by atoms with Crippen molar-refractivity contribution in [2.75, 3.05) is 31.3 Å². The van der Waals surface area contributed by atoms with E-state index in [1.165, 1.54) is 41.0 Å². The average Bonchev–Trinajstić information content (AvgIpc) is 3.52. The van der Waals surface area contributed by atoms with Crippen molar-refractivity contribution in [3.05, 3.63) is 64.7 Å². The van der Waals surface area contributed by atoms with Crippen LogP contribution in [0.4, 0.5) is 15.2 Å². The minimum atomic E-state index is -3.20. The van der Waals surface area contributed by atoms with E-state index in [0.717, 1.165) is 41.9 Å². The van der Waals surface area contributed by atoms with Crippen LogP contribution in [0.1, 0.15) is 53.5 Å². The molecule has 5 rings (SSSR count). The van der Waals surface area contributed by atoms with Crippen molar-refractivity contribution in [2.24, 2.45) is 0 Å². The molecule has 200 valence electrons. The maximum absolute atomic E-state index is 13.5. The van der Waals surface area contributed by atoms with Gasteiger partial charge in [-0.15, -0.1) is 0 Å². The zero-order valence-electron chi connectivity index (χ0n) is 21.8. The van der Waals surface area contributed by atoms with Crippen LogP contribution in [0.2, 0.25) is 0 Å². The molecule has 4 aromatic rings. The summed E-state index contributed by atoms with van der Waals surface area (Å²) in [7, 11) is -1.30. The highest BCUT2D eigenvalue weighted by Gasteiger charge is 2.28. The first-order valence-corrected chi connectivity index (χ1v) is 15.2. The predicted octanol–water partition coefficient (Wildman–Crippen LogP) is 5.27. The van der Waals surface area contributed by atoms with E-state index < -0.39 is 10.0 Å². The van der Waals surface area contributed by atoms with Crippen LogP contribution >= 0.6 is 11.3 Å². The summed E-state index contributed by atoms with van der Waals surface area (Å²) in [6.07, 6.45) is 7.62. The minimum Gasteiger partial charge on any atom is -0.318 e. The van der Waals surface area contributed by atoms with E-state index in [0.29, 0.717) is 34.4 Å². The number of anilines is 2. The summed E-state index contributed by atoms with van der Waals surface area (Å²) >= 11 is 1.30. The van der Waals surface area contributed by atoms with E-state index in [9.17, 15) is 17.6 Å². The highest BCUT2D eigenvalue weighted by atomic mass is 32.2. The second-order valence-electron chi connectivity index (χ2n) is 9.71. The van der Waals surface area contributed by atoms with E-state index in [4.69, 9.17) is 9.97 Å². The number of fused-ring (bicyclic) bond motifs is 1. The van der Waals surface area contributed by atoms with Crippen molar-refractivity contribution in [1.29, 1.82) is 0 Å². The molecular formula is C27H30FN5O3S2. The number of hydrogen-bond donors (Lipinski definition) is 0. The molecule has 0 radical (unpaired) electrons. The molecule has 0 unspecified atom stereocenters. The van der Waals surface area contributed by atoms with Crippen LogP contribution in [0.3, 0.4) is 0 Å². The van der Waals surface area contributed by atoms with Crippen molar-refractivity contribution in [1.82, 2.24) is 18.7 Å². The van der Waals surface area contributed by atoms with Gasteiger partial charge in [0.1, 0.15) is 5.82 Å². The number of nitrogens with zero attached hydrogens (tertiary/aromatic N) is 5. The Hall–Kier alpha value is -3.15. The predicted molar refractivity (Wildman–Crippen MR) is 149 cm³/mol. The topological polar surface area (TPSA) is 87.9 Å². The van der Waals surface area contributed by atoms with E-state index in [-0.39, 0.29) is 17.5 Å². The number of sulfonamides is 1. The Morgan fingerprint density at radius 1 is 1.16 bits per heavy atom. The molecule has 0 N–H and O–H groups in total. The number of benzene rings is 1. The van der Waals surface area contributed by atoms with E-state index in [1.807, 2.05) is 22.5 Å². The summed E-state index contributed by atoms with van der Waals surface area (Å²) in [5.41, 5.74) is 4.90. The lowest BCUT2D eigenvalue weighted by molar-refractivity contribution is 0.102. The van der Waals surface area contributed by atoms with Gasteiger partial charge in [-0.25, -0.2) is 27.1 Å². The number of pyridine rings is 1. The number of carbonyl (C=O) groups is 1. The van der Waals surface area contributed by atoms with Gasteiger partial charge in [-0.3, -0.25) is 4.79 Å². The van der Waals surface area contributed by atoms with Crippen LogP contribution in [0.15, 0.2) is 42.7 Å². The number of imidazole rings is 1. The summed E-state index contributed by atoms with van der Waals surface area (Å²) < 4.78 is 41.1. The number of hydrogen-bond acceptors (Lipinski definition) is 7. The summed E-state index contributed by atoms with van der Waals surface area (Å²) in [6.45, 7) is 4.55. The zero-order chi connectivity index (χ0) is 27.2. The van der Waals surface area contributed by atoms with Gasteiger partial charge < -0.3 is 9.30 Å². The van der Waals surface area contributed by atoms with Crippen molar-refractivity contribution < 1.29 is 17.6 Å². The molecule has 4 heterocycles. The first-order chi connectivity index (χ1) is 18.0. The molecule has 8 nitrogen and oxygen atoms in total. The zero-order valence-corrected chi connectivity index (χ0v) is 23.4. The van der Waals surface area contributed by atoms with Gasteiger partial charge in [0, 0.05) is 45.0 Å². The third-order valence-electron chi connectivity index (χ3n) is 7.06. The Morgan fingerprint density at radius 2 is 1.84 bits per heavy atom. The molecule has 0 saturated carbocycles. The average molecular weight is 556 g/mol. The monoisotopic (exact) mass is 555 g/mol. The van der Waals surface area contributed by atoms with E-state index in [1.54, 1.807) is 12.1 Å². The van der Waals surface area contributed by atoms with Gasteiger partial charge in [0.15, 0.2) is 16.6 Å². The Labute approximate surface area is 225 Å². The molecule has 1 aliphatic heterocycles. The normalized spacial score (nSPS) is 15.3. The number of thiazole rings is 1. The number of halogens is 1. The lowest BCUT2D eigenvalue weighted by Gasteiger charge is -2.31. The minimum absolute atomic E-state index is 0.105. The van der Waals surface area contributed by atoms with Crippen molar-refractivity contribution in [2.45, 2.75) is 39.0 Å². The van der Waals surface area contributed by atoms with Crippen molar-refractivity contribution in [3.63, 3.8) is 0 Å². The van der Waals surface area contributed by atoms with E-state index >= 15 is 0 Å². The number of aromatic nitrogens is 3. The summed E-state index contributed by atoms with van der Waals surface area (Å²) in [5.74, 6) is -0.249. The Balaban J connectivity index is 1.56. The lowest BCUT2D eigenvalue weighted by atomic mass is 9.91. The summed E-state index contributed by atoms with van der Waals surface area (Å²) in [5, 5.41) is 0.626. The molecule has 1 fully saturated rings. The number of aryl methyl sites for hydroxylation is 1. The number of piperidine rings is 1. The van der Waals surface area contributed by atoms with Gasteiger partial charge in [0.2, 0.25) is 10.0 Å². The molecule has 1 aliphatic rings. The molecule has 1 aromatic carbocycles.